The highest BCUT2D eigenvalue weighted by atomic mass is 35.5. The van der Waals surface area contributed by atoms with Crippen LogP contribution in [0.25, 0.3) is 11.4 Å². The standard InChI is InChI=1S/C17H20ClN3OS/c1-2-21-16(12-8-10-13(18)11-9-12)19-20-17(21)23-15-7-5-3-4-6-14(15)22/h8-11,15H,2-7H2,1H3/t15-/m1/s1. The predicted molar refractivity (Wildman–Crippen MR) is 93.9 cm³/mol. The summed E-state index contributed by atoms with van der Waals surface area (Å²) in [6.07, 6.45) is 4.93. The van der Waals surface area contributed by atoms with Crippen molar-refractivity contribution in [2.75, 3.05) is 0 Å². The van der Waals surface area contributed by atoms with Crippen LogP contribution < -0.4 is 0 Å². The van der Waals surface area contributed by atoms with E-state index >= 15 is 0 Å². The highest BCUT2D eigenvalue weighted by Gasteiger charge is 2.25. The molecule has 0 unspecified atom stereocenters. The lowest BCUT2D eigenvalue weighted by Crippen LogP contribution is -2.16. The van der Waals surface area contributed by atoms with Crippen molar-refractivity contribution in [2.24, 2.45) is 0 Å². The molecule has 0 bridgehead atoms. The van der Waals surface area contributed by atoms with E-state index in [0.717, 1.165) is 48.8 Å². The van der Waals surface area contributed by atoms with Crippen LogP contribution in [0, 0.1) is 0 Å². The third-order valence-corrected chi connectivity index (χ3v) is 5.68. The molecule has 0 spiro atoms. The maximum absolute atomic E-state index is 12.2. The van der Waals surface area contributed by atoms with Gasteiger partial charge in [-0.2, -0.15) is 0 Å². The smallest absolute Gasteiger partial charge is 0.192 e. The number of aromatic nitrogens is 3. The average Bonchev–Trinajstić information content (AvgIpc) is 2.85. The van der Waals surface area contributed by atoms with Crippen LogP contribution in [0.2, 0.25) is 5.02 Å². The second kappa shape index (κ2) is 7.49. The van der Waals surface area contributed by atoms with E-state index in [0.29, 0.717) is 17.2 Å². The van der Waals surface area contributed by atoms with Gasteiger partial charge in [0, 0.05) is 23.6 Å². The Morgan fingerprint density at radius 2 is 2.00 bits per heavy atom. The molecule has 0 aliphatic heterocycles. The lowest BCUT2D eigenvalue weighted by molar-refractivity contribution is -0.118. The first kappa shape index (κ1) is 16.5. The second-order valence-corrected chi connectivity index (χ2v) is 7.34. The van der Waals surface area contributed by atoms with E-state index in [2.05, 4.69) is 21.7 Å². The molecule has 6 heteroatoms. The monoisotopic (exact) mass is 349 g/mol. The van der Waals surface area contributed by atoms with Gasteiger partial charge < -0.3 is 4.57 Å². The topological polar surface area (TPSA) is 47.8 Å². The summed E-state index contributed by atoms with van der Waals surface area (Å²) in [4.78, 5) is 12.2. The molecule has 23 heavy (non-hydrogen) atoms. The van der Waals surface area contributed by atoms with Gasteiger partial charge in [-0.3, -0.25) is 4.79 Å². The van der Waals surface area contributed by atoms with Gasteiger partial charge in [0.25, 0.3) is 0 Å². The first-order valence-electron chi connectivity index (χ1n) is 8.07. The first-order chi connectivity index (χ1) is 11.2. The maximum atomic E-state index is 12.2. The van der Waals surface area contributed by atoms with Gasteiger partial charge in [0.1, 0.15) is 5.78 Å². The number of carbonyl (C=O) groups is 1. The van der Waals surface area contributed by atoms with Crippen molar-refractivity contribution in [3.05, 3.63) is 29.3 Å². The number of nitrogens with zero attached hydrogens (tertiary/aromatic N) is 3. The van der Waals surface area contributed by atoms with Crippen LogP contribution in [0.4, 0.5) is 0 Å². The van der Waals surface area contributed by atoms with E-state index in [9.17, 15) is 4.79 Å². The summed E-state index contributed by atoms with van der Waals surface area (Å²) < 4.78 is 2.08. The van der Waals surface area contributed by atoms with Crippen LogP contribution in [-0.2, 0) is 11.3 Å². The fourth-order valence-corrected chi connectivity index (χ4v) is 4.20. The van der Waals surface area contributed by atoms with Crippen molar-refractivity contribution in [1.82, 2.24) is 14.8 Å². The molecule has 1 saturated carbocycles. The van der Waals surface area contributed by atoms with E-state index in [1.54, 1.807) is 11.8 Å². The minimum absolute atomic E-state index is 0.0186. The number of halogens is 1. The SMILES string of the molecule is CCn1c(S[C@@H]2CCCCCC2=O)nnc1-c1ccc(Cl)cc1. The Bertz CT molecular complexity index is 684. The third kappa shape index (κ3) is 3.78. The number of carbonyl (C=O) groups excluding carboxylic acids is 1. The van der Waals surface area contributed by atoms with Crippen molar-refractivity contribution >= 4 is 29.1 Å². The van der Waals surface area contributed by atoms with Crippen molar-refractivity contribution in [1.29, 1.82) is 0 Å². The summed E-state index contributed by atoms with van der Waals surface area (Å²) in [6.45, 7) is 2.84. The van der Waals surface area contributed by atoms with E-state index in [1.165, 1.54) is 0 Å². The Morgan fingerprint density at radius 3 is 2.74 bits per heavy atom. The van der Waals surface area contributed by atoms with Gasteiger partial charge in [-0.15, -0.1) is 10.2 Å². The predicted octanol–water partition coefficient (Wildman–Crippen LogP) is 4.61. The Balaban J connectivity index is 1.85. The molecule has 1 fully saturated rings. The zero-order valence-corrected chi connectivity index (χ0v) is 14.7. The van der Waals surface area contributed by atoms with Gasteiger partial charge in [-0.1, -0.05) is 36.2 Å². The molecule has 122 valence electrons. The van der Waals surface area contributed by atoms with Crippen LogP contribution in [0.3, 0.4) is 0 Å². The molecular weight excluding hydrogens is 330 g/mol. The summed E-state index contributed by atoms with van der Waals surface area (Å²) >= 11 is 7.52. The van der Waals surface area contributed by atoms with Gasteiger partial charge in [-0.05, 0) is 44.0 Å². The number of thioether (sulfide) groups is 1. The van der Waals surface area contributed by atoms with E-state index in [1.807, 2.05) is 24.3 Å². The van der Waals surface area contributed by atoms with Crippen LogP contribution in [0.5, 0.6) is 0 Å². The lowest BCUT2D eigenvalue weighted by atomic mass is 10.2. The van der Waals surface area contributed by atoms with Crippen molar-refractivity contribution in [3.8, 4) is 11.4 Å². The zero-order valence-electron chi connectivity index (χ0n) is 13.2. The molecule has 2 aromatic rings. The highest BCUT2D eigenvalue weighted by molar-refractivity contribution is 8.00. The molecule has 1 atom stereocenters. The summed E-state index contributed by atoms with van der Waals surface area (Å²) in [5.74, 6) is 1.18. The van der Waals surface area contributed by atoms with Crippen LogP contribution in [-0.4, -0.2) is 25.8 Å². The second-order valence-electron chi connectivity index (χ2n) is 5.73. The molecule has 1 aliphatic carbocycles. The molecule has 1 aromatic carbocycles. The Hall–Kier alpha value is -1.33. The molecule has 0 amide bonds. The van der Waals surface area contributed by atoms with Crippen molar-refractivity contribution in [2.45, 2.75) is 56.0 Å². The van der Waals surface area contributed by atoms with Crippen molar-refractivity contribution in [3.63, 3.8) is 0 Å². The normalized spacial score (nSPS) is 18.9. The molecule has 0 radical (unpaired) electrons. The van der Waals surface area contributed by atoms with Crippen molar-refractivity contribution < 1.29 is 4.79 Å². The molecule has 1 aromatic heterocycles. The molecule has 1 heterocycles. The average molecular weight is 350 g/mol. The summed E-state index contributed by atoms with van der Waals surface area (Å²) in [5.41, 5.74) is 0.989. The summed E-state index contributed by atoms with van der Waals surface area (Å²) in [7, 11) is 0. The number of Topliss-reactive ketones (excluding diaryl/α,β-unsaturated/α-hetero) is 1. The van der Waals surface area contributed by atoms with E-state index < -0.39 is 0 Å². The fourth-order valence-electron chi connectivity index (χ4n) is 2.85. The van der Waals surface area contributed by atoms with Gasteiger partial charge >= 0.3 is 0 Å². The molecule has 3 rings (SSSR count). The number of hydrogen-bond acceptors (Lipinski definition) is 4. The Kier molecular flexibility index (Phi) is 5.38. The third-order valence-electron chi connectivity index (χ3n) is 4.13. The largest absolute Gasteiger partial charge is 0.302 e. The molecule has 4 nitrogen and oxygen atoms in total. The minimum atomic E-state index is 0.0186. The minimum Gasteiger partial charge on any atom is -0.302 e. The lowest BCUT2D eigenvalue weighted by Gasteiger charge is -2.13. The molecule has 0 N–H and O–H groups in total. The maximum Gasteiger partial charge on any atom is 0.192 e. The molecule has 0 saturated heterocycles. The summed E-state index contributed by atoms with van der Waals surface area (Å²) in [5, 5.41) is 10.2. The van der Waals surface area contributed by atoms with Gasteiger partial charge in [0.2, 0.25) is 0 Å². The zero-order chi connectivity index (χ0) is 16.2. The number of benzene rings is 1. The van der Waals surface area contributed by atoms with Gasteiger partial charge in [0.05, 0.1) is 5.25 Å². The van der Waals surface area contributed by atoms with Crippen LogP contribution >= 0.6 is 23.4 Å². The van der Waals surface area contributed by atoms with Crippen LogP contribution in [0.1, 0.15) is 39.0 Å². The van der Waals surface area contributed by atoms with E-state index in [4.69, 9.17) is 11.6 Å². The van der Waals surface area contributed by atoms with E-state index in [-0.39, 0.29) is 5.25 Å². The number of ketones is 1. The molecular formula is C17H20ClN3OS. The number of rotatable bonds is 4. The molecule has 1 aliphatic rings. The first-order valence-corrected chi connectivity index (χ1v) is 9.33. The van der Waals surface area contributed by atoms with Crippen LogP contribution in [0.15, 0.2) is 29.4 Å². The Labute approximate surface area is 145 Å². The van der Waals surface area contributed by atoms with Gasteiger partial charge in [-0.25, -0.2) is 0 Å². The number of hydrogen-bond donors (Lipinski definition) is 0. The summed E-state index contributed by atoms with van der Waals surface area (Å²) in [6, 6.07) is 7.61. The quantitative estimate of drug-likeness (QED) is 0.756. The fraction of sp³-hybridized carbons (Fsp3) is 0.471. The van der Waals surface area contributed by atoms with Gasteiger partial charge in [0.15, 0.2) is 11.0 Å². The highest BCUT2D eigenvalue weighted by Crippen LogP contribution is 2.32. The Morgan fingerprint density at radius 1 is 1.22 bits per heavy atom.